The van der Waals surface area contributed by atoms with E-state index in [1.54, 1.807) is 6.07 Å². The quantitative estimate of drug-likeness (QED) is 0.710. The van der Waals surface area contributed by atoms with Gasteiger partial charge in [0.25, 0.3) is 0 Å². The third-order valence-corrected chi connectivity index (χ3v) is 7.53. The molecule has 0 spiro atoms. The summed E-state index contributed by atoms with van der Waals surface area (Å²) in [5.41, 5.74) is 0. The van der Waals surface area contributed by atoms with Gasteiger partial charge in [0.2, 0.25) is 0 Å². The fourth-order valence-corrected chi connectivity index (χ4v) is 5.47. The highest BCUT2D eigenvalue weighted by atomic mass is 32.2. The Morgan fingerprint density at radius 1 is 1.11 bits per heavy atom. The van der Waals surface area contributed by atoms with E-state index in [2.05, 4.69) is 38.6 Å². The van der Waals surface area contributed by atoms with E-state index >= 15 is 0 Å². The minimum Gasteiger partial charge on any atom is -0.352 e. The Morgan fingerprint density at radius 2 is 1.79 bits per heavy atom. The van der Waals surface area contributed by atoms with Crippen molar-refractivity contribution in [2.45, 2.75) is 37.6 Å². The van der Waals surface area contributed by atoms with Gasteiger partial charge in [0, 0.05) is 35.8 Å². The average molecular weight is 430 g/mol. The highest BCUT2D eigenvalue weighted by molar-refractivity contribution is 8.15. The number of piperazine rings is 1. The Morgan fingerprint density at radius 3 is 2.39 bits per heavy atom. The van der Waals surface area contributed by atoms with Gasteiger partial charge in [-0.25, -0.2) is 9.97 Å². The Hall–Kier alpha value is -1.55. The number of hydrogen-bond acceptors (Lipinski definition) is 7. The number of aromatic nitrogens is 2. The molecule has 2 aromatic rings. The molecule has 10 heteroatoms. The molecule has 0 saturated carbocycles. The van der Waals surface area contributed by atoms with Gasteiger partial charge in [0.15, 0.2) is 5.17 Å². The summed E-state index contributed by atoms with van der Waals surface area (Å²) in [6.07, 6.45) is -2.81. The topological polar surface area (TPSA) is 44.6 Å². The summed E-state index contributed by atoms with van der Waals surface area (Å²) in [6, 6.07) is 1.61. The Labute approximate surface area is 170 Å². The second-order valence-corrected chi connectivity index (χ2v) is 10.5. The lowest BCUT2D eigenvalue weighted by atomic mass is 10.1. The van der Waals surface area contributed by atoms with E-state index in [4.69, 9.17) is 0 Å². The number of nitrogens with zero attached hydrogens (tertiary/aromatic N) is 5. The summed E-state index contributed by atoms with van der Waals surface area (Å²) < 4.78 is 39.5. The van der Waals surface area contributed by atoms with Crippen LogP contribution in [0.4, 0.5) is 19.0 Å². The molecule has 0 amide bonds. The largest absolute Gasteiger partial charge is 0.396 e. The van der Waals surface area contributed by atoms with Gasteiger partial charge in [0.1, 0.15) is 17.0 Å². The van der Waals surface area contributed by atoms with Crippen molar-refractivity contribution in [1.29, 1.82) is 0 Å². The monoisotopic (exact) mass is 429 g/mol. The van der Waals surface area contributed by atoms with Crippen LogP contribution in [-0.2, 0) is 0 Å². The van der Waals surface area contributed by atoms with Crippen LogP contribution in [-0.4, -0.2) is 63.7 Å². The van der Waals surface area contributed by atoms with Gasteiger partial charge in [-0.2, -0.15) is 13.2 Å². The molecule has 2 aliphatic rings. The number of aliphatic imine (C=N–C) groups is 1. The van der Waals surface area contributed by atoms with Crippen LogP contribution < -0.4 is 4.90 Å². The minimum atomic E-state index is -4.26. The maximum absolute atomic E-state index is 13.1. The fourth-order valence-electron chi connectivity index (χ4n) is 3.33. The second kappa shape index (κ2) is 7.05. The number of alkyl halides is 3. The molecule has 2 aliphatic heterocycles. The lowest BCUT2D eigenvalue weighted by molar-refractivity contribution is -0.145. The molecule has 0 radical (unpaired) electrons. The number of thioether (sulfide) groups is 1. The van der Waals surface area contributed by atoms with E-state index in [0.717, 1.165) is 55.0 Å². The molecule has 0 N–H and O–H groups in total. The first-order chi connectivity index (χ1) is 13.1. The summed E-state index contributed by atoms with van der Waals surface area (Å²) >= 11 is 2.91. The Bertz CT molecular complexity index is 900. The molecule has 5 nitrogen and oxygen atoms in total. The number of fused-ring (bicyclic) bond motifs is 1. The maximum atomic E-state index is 13.1. The minimum absolute atomic E-state index is 0.146. The SMILES string of the molecule is C[C@H](c1cc2c(N3CCN(C4=NCC(C)(C)S4)CC3)ncnc2s1)C(F)(F)F. The highest BCUT2D eigenvalue weighted by Crippen LogP contribution is 2.41. The Kier molecular flexibility index (Phi) is 4.97. The standard InChI is InChI=1S/C18H22F3N5S2/c1-11(18(19,20)21)13-8-12-14(23-10-24-15(12)27-13)25-4-6-26(7-5-25)16-22-9-17(2,3)28-16/h8,10-11H,4-7,9H2,1-3H3/t11-/m1/s1. The molecule has 1 saturated heterocycles. The molecule has 152 valence electrons. The van der Waals surface area contributed by atoms with Crippen LogP contribution in [0.15, 0.2) is 17.4 Å². The van der Waals surface area contributed by atoms with Gasteiger partial charge in [-0.1, -0.05) is 11.8 Å². The van der Waals surface area contributed by atoms with Crippen LogP contribution in [0.25, 0.3) is 10.2 Å². The molecular formula is C18H22F3N5S2. The molecule has 0 aliphatic carbocycles. The van der Waals surface area contributed by atoms with Crippen LogP contribution >= 0.6 is 23.1 Å². The van der Waals surface area contributed by atoms with E-state index in [9.17, 15) is 13.2 Å². The normalized spacial score (nSPS) is 21.3. The molecule has 4 heterocycles. The zero-order valence-electron chi connectivity index (χ0n) is 16.0. The predicted molar refractivity (Wildman–Crippen MR) is 110 cm³/mol. The zero-order valence-corrected chi connectivity index (χ0v) is 17.6. The van der Waals surface area contributed by atoms with Crippen molar-refractivity contribution in [2.75, 3.05) is 37.6 Å². The summed E-state index contributed by atoms with van der Waals surface area (Å²) in [5.74, 6) is -0.778. The lowest BCUT2D eigenvalue weighted by Crippen LogP contribution is -2.48. The van der Waals surface area contributed by atoms with Crippen molar-refractivity contribution in [3.05, 3.63) is 17.3 Å². The first-order valence-electron chi connectivity index (χ1n) is 9.18. The highest BCUT2D eigenvalue weighted by Gasteiger charge is 2.38. The summed E-state index contributed by atoms with van der Waals surface area (Å²) in [5, 5.41) is 1.80. The maximum Gasteiger partial charge on any atom is 0.396 e. The van der Waals surface area contributed by atoms with Gasteiger partial charge in [0.05, 0.1) is 17.8 Å². The number of thiophene rings is 1. The molecule has 1 atom stereocenters. The van der Waals surface area contributed by atoms with Crippen molar-refractivity contribution in [1.82, 2.24) is 14.9 Å². The number of hydrogen-bond donors (Lipinski definition) is 0. The van der Waals surface area contributed by atoms with E-state index < -0.39 is 12.1 Å². The molecule has 1 fully saturated rings. The molecular weight excluding hydrogens is 407 g/mol. The van der Waals surface area contributed by atoms with E-state index in [0.29, 0.717) is 10.2 Å². The van der Waals surface area contributed by atoms with Crippen molar-refractivity contribution in [3.8, 4) is 0 Å². The number of anilines is 1. The average Bonchev–Trinajstić information content (AvgIpc) is 3.23. The van der Waals surface area contributed by atoms with Crippen LogP contribution in [0.5, 0.6) is 0 Å². The molecule has 4 rings (SSSR count). The third kappa shape index (κ3) is 3.80. The zero-order chi connectivity index (χ0) is 20.1. The fraction of sp³-hybridized carbons (Fsp3) is 0.611. The first kappa shape index (κ1) is 19.8. The van der Waals surface area contributed by atoms with Crippen LogP contribution in [0.1, 0.15) is 31.6 Å². The van der Waals surface area contributed by atoms with Crippen molar-refractivity contribution >= 4 is 44.3 Å². The van der Waals surface area contributed by atoms with Gasteiger partial charge in [-0.3, -0.25) is 4.99 Å². The molecule has 0 bridgehead atoms. The van der Waals surface area contributed by atoms with Crippen LogP contribution in [0.3, 0.4) is 0 Å². The van der Waals surface area contributed by atoms with E-state index in [-0.39, 0.29) is 9.62 Å². The van der Waals surface area contributed by atoms with Crippen molar-refractivity contribution in [2.24, 2.45) is 4.99 Å². The first-order valence-corrected chi connectivity index (χ1v) is 10.8. The van der Waals surface area contributed by atoms with Crippen LogP contribution in [0, 0.1) is 0 Å². The number of rotatable bonds is 2. The molecule has 0 aromatic carbocycles. The molecule has 2 aromatic heterocycles. The third-order valence-electron chi connectivity index (χ3n) is 5.06. The summed E-state index contributed by atoms with van der Waals surface area (Å²) in [6.45, 7) is 9.56. The summed E-state index contributed by atoms with van der Waals surface area (Å²) in [7, 11) is 0. The number of halogens is 3. The summed E-state index contributed by atoms with van der Waals surface area (Å²) in [4.78, 5) is 18.6. The van der Waals surface area contributed by atoms with Gasteiger partial charge in [-0.05, 0) is 26.8 Å². The van der Waals surface area contributed by atoms with E-state index in [1.807, 2.05) is 11.8 Å². The van der Waals surface area contributed by atoms with Crippen LogP contribution in [0.2, 0.25) is 0 Å². The molecule has 0 unspecified atom stereocenters. The predicted octanol–water partition coefficient (Wildman–Crippen LogP) is 4.36. The van der Waals surface area contributed by atoms with E-state index in [1.165, 1.54) is 13.3 Å². The van der Waals surface area contributed by atoms with Crippen molar-refractivity contribution < 1.29 is 13.2 Å². The second-order valence-electron chi connectivity index (χ2n) is 7.76. The van der Waals surface area contributed by atoms with Gasteiger partial charge < -0.3 is 9.80 Å². The lowest BCUT2D eigenvalue weighted by Gasteiger charge is -2.36. The smallest absolute Gasteiger partial charge is 0.352 e. The number of amidine groups is 1. The Balaban J connectivity index is 1.52. The van der Waals surface area contributed by atoms with Crippen molar-refractivity contribution in [3.63, 3.8) is 0 Å². The molecule has 28 heavy (non-hydrogen) atoms. The van der Waals surface area contributed by atoms with Gasteiger partial charge >= 0.3 is 6.18 Å². The van der Waals surface area contributed by atoms with Gasteiger partial charge in [-0.15, -0.1) is 11.3 Å².